The van der Waals surface area contributed by atoms with Gasteiger partial charge in [-0.15, -0.1) is 5.10 Å². The summed E-state index contributed by atoms with van der Waals surface area (Å²) in [5.74, 6) is 0.827. The van der Waals surface area contributed by atoms with Crippen LogP contribution < -0.4 is 16.4 Å². The van der Waals surface area contributed by atoms with E-state index < -0.39 is 6.10 Å². The fourth-order valence-electron chi connectivity index (χ4n) is 2.12. The molecule has 0 saturated heterocycles. The number of nitrogens with one attached hydrogen (secondary N) is 3. The molecule has 9 nitrogen and oxygen atoms in total. The first-order valence-electron chi connectivity index (χ1n) is 7.31. The van der Waals surface area contributed by atoms with E-state index in [1.165, 1.54) is 0 Å². The van der Waals surface area contributed by atoms with Gasteiger partial charge in [-0.2, -0.15) is 20.3 Å². The van der Waals surface area contributed by atoms with Gasteiger partial charge in [0.1, 0.15) is 0 Å². The predicted octanol–water partition coefficient (Wildman–Crippen LogP) is 1.39. The van der Waals surface area contributed by atoms with Crippen molar-refractivity contribution >= 4 is 40.2 Å². The number of nitrogens with two attached hydrogens (primary N) is 1. The summed E-state index contributed by atoms with van der Waals surface area (Å²) in [4.78, 5) is 8.60. The second-order valence-corrected chi connectivity index (χ2v) is 5.69. The number of hydrogen-bond acceptors (Lipinski definition) is 8. The van der Waals surface area contributed by atoms with Gasteiger partial charge in [-0.25, -0.2) is 0 Å². The van der Waals surface area contributed by atoms with Gasteiger partial charge in [-0.3, -0.25) is 0 Å². The van der Waals surface area contributed by atoms with Gasteiger partial charge in [0, 0.05) is 29.4 Å². The highest BCUT2D eigenvalue weighted by Gasteiger charge is 2.13. The highest BCUT2D eigenvalue weighted by atomic mass is 35.5. The summed E-state index contributed by atoms with van der Waals surface area (Å²) < 4.78 is 0. The molecule has 1 atom stereocenters. The smallest absolute Gasteiger partial charge is 0.227 e. The largest absolute Gasteiger partial charge is 0.398 e. The molecule has 24 heavy (non-hydrogen) atoms. The van der Waals surface area contributed by atoms with Crippen LogP contribution >= 0.6 is 11.6 Å². The van der Waals surface area contributed by atoms with Gasteiger partial charge in [0.25, 0.3) is 0 Å². The Labute approximate surface area is 142 Å². The number of H-pyrrole nitrogens is 1. The summed E-state index contributed by atoms with van der Waals surface area (Å²) in [7, 11) is 0. The van der Waals surface area contributed by atoms with Gasteiger partial charge in [-0.05, 0) is 19.1 Å². The number of hydrogen-bond donors (Lipinski definition) is 5. The molecule has 1 unspecified atom stereocenters. The Hall–Kier alpha value is -2.65. The third kappa shape index (κ3) is 3.47. The molecule has 0 spiro atoms. The number of aromatic nitrogens is 5. The minimum Gasteiger partial charge on any atom is -0.398 e. The van der Waals surface area contributed by atoms with Crippen LogP contribution in [0.3, 0.4) is 0 Å². The van der Waals surface area contributed by atoms with Crippen LogP contribution in [0.15, 0.2) is 18.2 Å². The quantitative estimate of drug-likeness (QED) is 0.421. The molecule has 10 heteroatoms. The Bertz CT molecular complexity index is 830. The molecule has 3 rings (SSSR count). The van der Waals surface area contributed by atoms with Crippen molar-refractivity contribution in [2.75, 3.05) is 22.9 Å². The van der Waals surface area contributed by atoms with E-state index in [-0.39, 0.29) is 0 Å². The Morgan fingerprint density at radius 2 is 2.12 bits per heavy atom. The molecular formula is C14H17ClN8O. The van der Waals surface area contributed by atoms with Crippen molar-refractivity contribution in [3.05, 3.63) is 28.8 Å². The molecule has 0 aliphatic rings. The van der Waals surface area contributed by atoms with Crippen molar-refractivity contribution in [1.29, 1.82) is 0 Å². The third-order valence-corrected chi connectivity index (χ3v) is 3.68. The second-order valence-electron chi connectivity index (χ2n) is 5.28. The summed E-state index contributed by atoms with van der Waals surface area (Å²) >= 11 is 6.18. The molecule has 1 aromatic carbocycles. The number of anilines is 3. The number of rotatable bonds is 6. The first-order chi connectivity index (χ1) is 11.5. The van der Waals surface area contributed by atoms with Crippen LogP contribution in [0.4, 0.5) is 17.5 Å². The molecule has 2 aromatic heterocycles. The highest BCUT2D eigenvalue weighted by molar-refractivity contribution is 6.31. The fourth-order valence-corrected chi connectivity index (χ4v) is 2.37. The second kappa shape index (κ2) is 6.85. The number of nitrogens with zero attached hydrogens (tertiary/aromatic N) is 4. The number of halogens is 1. The first kappa shape index (κ1) is 16.2. The van der Waals surface area contributed by atoms with E-state index in [0.717, 1.165) is 5.56 Å². The van der Waals surface area contributed by atoms with E-state index in [9.17, 15) is 5.11 Å². The molecule has 0 aliphatic heterocycles. The molecule has 0 aliphatic carbocycles. The van der Waals surface area contributed by atoms with Crippen molar-refractivity contribution in [3.63, 3.8) is 0 Å². The lowest BCUT2D eigenvalue weighted by Gasteiger charge is -2.12. The molecule has 126 valence electrons. The van der Waals surface area contributed by atoms with Crippen molar-refractivity contribution in [1.82, 2.24) is 25.4 Å². The molecule has 3 aromatic rings. The monoisotopic (exact) mass is 348 g/mol. The van der Waals surface area contributed by atoms with E-state index in [4.69, 9.17) is 17.3 Å². The Balaban J connectivity index is 1.86. The number of aromatic amines is 1. The maximum atomic E-state index is 9.37. The zero-order valence-electron chi connectivity index (χ0n) is 12.9. The molecule has 6 N–H and O–H groups in total. The zero-order valence-corrected chi connectivity index (χ0v) is 13.7. The molecule has 0 saturated carbocycles. The Morgan fingerprint density at radius 3 is 2.88 bits per heavy atom. The molecule has 0 fully saturated rings. The van der Waals surface area contributed by atoms with Crippen LogP contribution in [0.25, 0.3) is 11.2 Å². The van der Waals surface area contributed by atoms with Crippen LogP contribution in [0.2, 0.25) is 5.02 Å². The van der Waals surface area contributed by atoms with Crippen LogP contribution in [0, 0.1) is 0 Å². The third-order valence-electron chi connectivity index (χ3n) is 3.33. The van der Waals surface area contributed by atoms with Crippen LogP contribution in [-0.2, 0) is 6.54 Å². The molecule has 0 amide bonds. The minimum atomic E-state index is -0.527. The average molecular weight is 349 g/mol. The summed E-state index contributed by atoms with van der Waals surface area (Å²) in [6.07, 6.45) is -0.527. The Kier molecular flexibility index (Phi) is 4.63. The normalized spacial score (nSPS) is 12.3. The molecule has 0 radical (unpaired) electrons. The van der Waals surface area contributed by atoms with Gasteiger partial charge >= 0.3 is 0 Å². The van der Waals surface area contributed by atoms with E-state index in [1.807, 2.05) is 0 Å². The molecule has 0 bridgehead atoms. The van der Waals surface area contributed by atoms with Gasteiger partial charge in [0.05, 0.1) is 6.10 Å². The average Bonchev–Trinajstić information content (AvgIpc) is 3.01. The Morgan fingerprint density at radius 1 is 1.29 bits per heavy atom. The van der Waals surface area contributed by atoms with Gasteiger partial charge in [0.15, 0.2) is 11.3 Å². The van der Waals surface area contributed by atoms with Gasteiger partial charge < -0.3 is 21.5 Å². The summed E-state index contributed by atoms with van der Waals surface area (Å²) in [5.41, 5.74) is 8.23. The summed E-state index contributed by atoms with van der Waals surface area (Å²) in [6, 6.07) is 5.35. The van der Waals surface area contributed by atoms with Gasteiger partial charge in [-0.1, -0.05) is 17.7 Å². The van der Waals surface area contributed by atoms with Crippen molar-refractivity contribution in [2.24, 2.45) is 0 Å². The molecular weight excluding hydrogens is 332 g/mol. The van der Waals surface area contributed by atoms with Crippen molar-refractivity contribution < 1.29 is 5.11 Å². The topological polar surface area (TPSA) is 138 Å². The van der Waals surface area contributed by atoms with E-state index in [1.54, 1.807) is 25.1 Å². The minimum absolute atomic E-state index is 0.320. The number of fused-ring (bicyclic) bond motifs is 1. The van der Waals surface area contributed by atoms with E-state index >= 15 is 0 Å². The maximum absolute atomic E-state index is 9.37. The fraction of sp³-hybridized carbons (Fsp3) is 0.286. The lowest BCUT2D eigenvalue weighted by Crippen LogP contribution is -2.17. The van der Waals surface area contributed by atoms with Crippen molar-refractivity contribution in [3.8, 4) is 0 Å². The number of aliphatic hydroxyl groups excluding tert-OH is 1. The van der Waals surface area contributed by atoms with Crippen LogP contribution in [-0.4, -0.2) is 43.1 Å². The lowest BCUT2D eigenvalue weighted by atomic mass is 10.2. The summed E-state index contributed by atoms with van der Waals surface area (Å²) in [6.45, 7) is 2.36. The first-order valence-corrected chi connectivity index (χ1v) is 7.69. The SMILES string of the molecule is CC(O)CNc1nc(NCc2c(N)cccc2Cl)c2n[nH]nc2n1. The standard InChI is InChI=1S/C14H17ClN8O/c1-7(24)5-18-14-19-12(11-13(20-14)22-23-21-11)17-6-8-9(15)3-2-4-10(8)16/h2-4,7,24H,5-6,16H2,1H3,(H3,17,18,19,20,21,22,23). The van der Waals surface area contributed by atoms with Crippen LogP contribution in [0.5, 0.6) is 0 Å². The number of benzene rings is 1. The van der Waals surface area contributed by atoms with Gasteiger partial charge in [0.2, 0.25) is 11.6 Å². The van der Waals surface area contributed by atoms with Crippen molar-refractivity contribution in [2.45, 2.75) is 19.6 Å². The van der Waals surface area contributed by atoms with E-state index in [0.29, 0.717) is 46.7 Å². The molecule has 2 heterocycles. The van der Waals surface area contributed by atoms with Crippen LogP contribution in [0.1, 0.15) is 12.5 Å². The highest BCUT2D eigenvalue weighted by Crippen LogP contribution is 2.24. The lowest BCUT2D eigenvalue weighted by molar-refractivity contribution is 0.208. The number of nitrogen functional groups attached to an aromatic ring is 1. The van der Waals surface area contributed by atoms with E-state index in [2.05, 4.69) is 36.0 Å². The summed E-state index contributed by atoms with van der Waals surface area (Å²) in [5, 5.41) is 26.6. The zero-order chi connectivity index (χ0) is 17.1. The number of aliphatic hydroxyl groups is 1. The maximum Gasteiger partial charge on any atom is 0.227 e. The predicted molar refractivity (Wildman–Crippen MR) is 92.8 cm³/mol.